The number of ether oxygens (including phenoxy) is 1. The topological polar surface area (TPSA) is 107 Å². The van der Waals surface area contributed by atoms with Gasteiger partial charge in [0.25, 0.3) is 5.56 Å². The number of benzene rings is 2. The quantitative estimate of drug-likeness (QED) is 0.470. The van der Waals surface area contributed by atoms with E-state index in [0.29, 0.717) is 10.7 Å². The number of aromatic nitrogens is 2. The van der Waals surface area contributed by atoms with Gasteiger partial charge in [0.05, 0.1) is 10.6 Å². The van der Waals surface area contributed by atoms with Crippen LogP contribution in [0.1, 0.15) is 5.69 Å². The first kappa shape index (κ1) is 19.2. The van der Waals surface area contributed by atoms with Crippen molar-refractivity contribution in [3.8, 4) is 0 Å². The summed E-state index contributed by atoms with van der Waals surface area (Å²) in [5.41, 5.74) is 0.0162. The van der Waals surface area contributed by atoms with Gasteiger partial charge in [-0.15, -0.1) is 11.3 Å². The third-order valence-electron chi connectivity index (χ3n) is 4.18. The fourth-order valence-corrected chi connectivity index (χ4v) is 4.48. The van der Waals surface area contributed by atoms with E-state index in [1.165, 1.54) is 33.9 Å². The van der Waals surface area contributed by atoms with Gasteiger partial charge in [0.1, 0.15) is 13.2 Å². The van der Waals surface area contributed by atoms with Crippen LogP contribution in [0.5, 0.6) is 0 Å². The van der Waals surface area contributed by atoms with Crippen molar-refractivity contribution in [3.05, 3.63) is 76.2 Å². The zero-order valence-corrected chi connectivity index (χ0v) is 16.6. The Morgan fingerprint density at radius 2 is 1.93 bits per heavy atom. The van der Waals surface area contributed by atoms with Crippen molar-refractivity contribution in [3.63, 3.8) is 0 Å². The molecule has 0 saturated carbocycles. The molecule has 148 valence electrons. The zero-order chi connectivity index (χ0) is 20.4. The molecular formula is C19H15N3O5S2. The molecule has 4 aromatic rings. The van der Waals surface area contributed by atoms with Crippen molar-refractivity contribution >= 4 is 43.1 Å². The highest BCUT2D eigenvalue weighted by atomic mass is 32.2. The SMILES string of the molecule is O=C(CNS(=O)(=O)c1ccc2ccccc2c1)OCc1cc(=O)n2ccsc2n1. The summed E-state index contributed by atoms with van der Waals surface area (Å²) in [5.74, 6) is -0.775. The van der Waals surface area contributed by atoms with Crippen LogP contribution in [-0.4, -0.2) is 30.3 Å². The second-order valence-corrected chi connectivity index (χ2v) is 8.78. The minimum Gasteiger partial charge on any atom is -0.458 e. The van der Waals surface area contributed by atoms with Gasteiger partial charge in [-0.25, -0.2) is 13.4 Å². The Kier molecular flexibility index (Phi) is 5.14. The fourth-order valence-electron chi connectivity index (χ4n) is 2.74. The second kappa shape index (κ2) is 7.74. The van der Waals surface area contributed by atoms with Gasteiger partial charge in [0.15, 0.2) is 4.96 Å². The molecule has 0 atom stereocenters. The van der Waals surface area contributed by atoms with Crippen LogP contribution in [0.25, 0.3) is 15.7 Å². The van der Waals surface area contributed by atoms with Crippen LogP contribution in [0.3, 0.4) is 0 Å². The summed E-state index contributed by atoms with van der Waals surface area (Å²) in [6.45, 7) is -0.754. The average Bonchev–Trinajstić information content (AvgIpc) is 3.20. The van der Waals surface area contributed by atoms with Gasteiger partial charge in [-0.1, -0.05) is 30.3 Å². The van der Waals surface area contributed by atoms with Crippen molar-refractivity contribution in [2.24, 2.45) is 0 Å². The van der Waals surface area contributed by atoms with Crippen LogP contribution >= 0.6 is 11.3 Å². The molecule has 4 rings (SSSR count). The molecule has 29 heavy (non-hydrogen) atoms. The number of carbonyl (C=O) groups excluding carboxylic acids is 1. The lowest BCUT2D eigenvalue weighted by atomic mass is 10.1. The molecule has 0 fully saturated rings. The van der Waals surface area contributed by atoms with E-state index >= 15 is 0 Å². The minimum absolute atomic E-state index is 0.0573. The highest BCUT2D eigenvalue weighted by Crippen LogP contribution is 2.18. The Morgan fingerprint density at radius 3 is 2.76 bits per heavy atom. The van der Waals surface area contributed by atoms with Crippen LogP contribution in [0, 0.1) is 0 Å². The van der Waals surface area contributed by atoms with E-state index in [1.807, 2.05) is 24.3 Å². The molecule has 10 heteroatoms. The monoisotopic (exact) mass is 429 g/mol. The molecule has 8 nitrogen and oxygen atoms in total. The summed E-state index contributed by atoms with van der Waals surface area (Å²) in [6, 6.07) is 13.4. The lowest BCUT2D eigenvalue weighted by Crippen LogP contribution is -2.30. The summed E-state index contributed by atoms with van der Waals surface area (Å²) < 4.78 is 33.5. The van der Waals surface area contributed by atoms with Gasteiger partial charge < -0.3 is 4.74 Å². The van der Waals surface area contributed by atoms with E-state index in [2.05, 4.69) is 9.71 Å². The number of carbonyl (C=O) groups is 1. The highest BCUT2D eigenvalue weighted by Gasteiger charge is 2.17. The molecule has 0 spiro atoms. The molecular weight excluding hydrogens is 414 g/mol. The van der Waals surface area contributed by atoms with Gasteiger partial charge in [-0.2, -0.15) is 4.72 Å². The predicted molar refractivity (Wildman–Crippen MR) is 108 cm³/mol. The number of hydrogen-bond donors (Lipinski definition) is 1. The minimum atomic E-state index is -3.88. The van der Waals surface area contributed by atoms with Crippen molar-refractivity contribution in [1.82, 2.24) is 14.1 Å². The lowest BCUT2D eigenvalue weighted by Gasteiger charge is -2.08. The van der Waals surface area contributed by atoms with Crippen molar-refractivity contribution in [2.75, 3.05) is 6.54 Å². The first-order valence-corrected chi connectivity index (χ1v) is 10.9. The summed E-state index contributed by atoms with van der Waals surface area (Å²) in [7, 11) is -3.88. The van der Waals surface area contributed by atoms with Crippen LogP contribution in [0.15, 0.2) is 69.8 Å². The number of rotatable bonds is 6. The normalized spacial score (nSPS) is 11.7. The highest BCUT2D eigenvalue weighted by molar-refractivity contribution is 7.89. The molecule has 0 aliphatic heterocycles. The van der Waals surface area contributed by atoms with E-state index in [9.17, 15) is 18.0 Å². The predicted octanol–water partition coefficient (Wildman–Crippen LogP) is 1.93. The van der Waals surface area contributed by atoms with Crippen molar-refractivity contribution in [1.29, 1.82) is 0 Å². The van der Waals surface area contributed by atoms with Crippen molar-refractivity contribution in [2.45, 2.75) is 11.5 Å². The van der Waals surface area contributed by atoms with E-state index in [0.717, 1.165) is 10.8 Å². The van der Waals surface area contributed by atoms with Crippen molar-refractivity contribution < 1.29 is 17.9 Å². The molecule has 2 aromatic heterocycles. The molecule has 0 aliphatic carbocycles. The van der Waals surface area contributed by atoms with E-state index in [4.69, 9.17) is 4.74 Å². The number of fused-ring (bicyclic) bond motifs is 2. The maximum absolute atomic E-state index is 12.4. The van der Waals surface area contributed by atoms with Gasteiger partial charge in [0, 0.05) is 17.6 Å². The van der Waals surface area contributed by atoms with E-state index in [-0.39, 0.29) is 17.1 Å². The molecule has 0 aliphatic rings. The fraction of sp³-hybridized carbons (Fsp3) is 0.105. The number of nitrogens with one attached hydrogen (secondary N) is 1. The van der Waals surface area contributed by atoms with Gasteiger partial charge >= 0.3 is 5.97 Å². The van der Waals surface area contributed by atoms with Gasteiger partial charge in [-0.05, 0) is 22.9 Å². The largest absolute Gasteiger partial charge is 0.458 e. The van der Waals surface area contributed by atoms with E-state index in [1.54, 1.807) is 17.6 Å². The molecule has 2 aromatic carbocycles. The molecule has 0 unspecified atom stereocenters. The Labute approximate surface area is 169 Å². The Balaban J connectivity index is 1.39. The van der Waals surface area contributed by atoms with E-state index < -0.39 is 22.5 Å². The number of sulfonamides is 1. The summed E-state index contributed by atoms with van der Waals surface area (Å²) in [5, 5.41) is 3.41. The second-order valence-electron chi connectivity index (χ2n) is 6.14. The molecule has 0 radical (unpaired) electrons. The summed E-state index contributed by atoms with van der Waals surface area (Å²) >= 11 is 1.28. The average molecular weight is 429 g/mol. The first-order chi connectivity index (χ1) is 13.9. The molecule has 0 amide bonds. The first-order valence-electron chi connectivity index (χ1n) is 8.52. The zero-order valence-electron chi connectivity index (χ0n) is 14.9. The third-order valence-corrected chi connectivity index (χ3v) is 6.33. The van der Waals surface area contributed by atoms with Gasteiger partial charge in [-0.3, -0.25) is 14.0 Å². The Hall–Kier alpha value is -3.08. The smallest absolute Gasteiger partial charge is 0.321 e. The summed E-state index contributed by atoms with van der Waals surface area (Å²) in [6.07, 6.45) is 1.60. The van der Waals surface area contributed by atoms with Crippen LogP contribution in [-0.2, 0) is 26.2 Å². The molecule has 0 saturated heterocycles. The molecule has 1 N–H and O–H groups in total. The van der Waals surface area contributed by atoms with Gasteiger partial charge in [0.2, 0.25) is 10.0 Å². The Bertz CT molecular complexity index is 1380. The summed E-state index contributed by atoms with van der Waals surface area (Å²) in [4.78, 5) is 28.6. The Morgan fingerprint density at radius 1 is 1.14 bits per heavy atom. The van der Waals surface area contributed by atoms with Crippen LogP contribution in [0.2, 0.25) is 0 Å². The number of thiazole rings is 1. The number of nitrogens with zero attached hydrogens (tertiary/aromatic N) is 2. The lowest BCUT2D eigenvalue weighted by molar-refractivity contribution is -0.143. The standard InChI is InChI=1S/C19H15N3O5S2/c23-17-10-15(21-19-22(17)7-8-28-19)12-27-18(24)11-20-29(25,26)16-6-5-13-3-1-2-4-14(13)9-16/h1-10,20H,11-12H2. The molecule has 0 bridgehead atoms. The maximum Gasteiger partial charge on any atom is 0.321 e. The maximum atomic E-state index is 12.4. The van der Waals surface area contributed by atoms with Crippen LogP contribution < -0.4 is 10.3 Å². The number of hydrogen-bond acceptors (Lipinski definition) is 7. The number of esters is 1. The molecule has 2 heterocycles. The third kappa shape index (κ3) is 4.19. The van der Waals surface area contributed by atoms with Crippen LogP contribution in [0.4, 0.5) is 0 Å².